The molecule has 0 amide bonds. The van der Waals surface area contributed by atoms with Crippen LogP contribution in [-0.4, -0.2) is 26.7 Å². The van der Waals surface area contributed by atoms with Crippen molar-refractivity contribution in [2.75, 3.05) is 13.2 Å². The van der Waals surface area contributed by atoms with Gasteiger partial charge in [-0.3, -0.25) is 9.36 Å². The summed E-state index contributed by atoms with van der Waals surface area (Å²) in [4.78, 5) is 25.5. The lowest BCUT2D eigenvalue weighted by molar-refractivity contribution is -0.180. The molecule has 0 radical (unpaired) electrons. The monoisotopic (exact) mass is 413 g/mol. The summed E-state index contributed by atoms with van der Waals surface area (Å²) in [7, 11) is 0.973. The first kappa shape index (κ1) is 18.8. The molecule has 1 aliphatic rings. The minimum Gasteiger partial charge on any atom is -0.347 e. The smallest absolute Gasteiger partial charge is 0.347 e. The number of hydrogen-bond acceptors (Lipinski definition) is 6. The lowest BCUT2D eigenvalue weighted by atomic mass is 10.2. The average Bonchev–Trinajstić information content (AvgIpc) is 3.08. The van der Waals surface area contributed by atoms with Gasteiger partial charge in [-0.25, -0.2) is 9.36 Å². The summed E-state index contributed by atoms with van der Waals surface area (Å²) in [5.74, 6) is 0. The first-order chi connectivity index (χ1) is 13.3. The van der Waals surface area contributed by atoms with Gasteiger partial charge in [0.1, 0.15) is 5.69 Å². The third kappa shape index (κ3) is 3.15. The van der Waals surface area contributed by atoms with Gasteiger partial charge in [-0.1, -0.05) is 0 Å². The van der Waals surface area contributed by atoms with Gasteiger partial charge in [0.25, 0.3) is 5.56 Å². The van der Waals surface area contributed by atoms with E-state index in [9.17, 15) is 22.8 Å². The van der Waals surface area contributed by atoms with Crippen molar-refractivity contribution in [3.8, 4) is 5.69 Å². The highest BCUT2D eigenvalue weighted by Crippen LogP contribution is 2.34. The van der Waals surface area contributed by atoms with Gasteiger partial charge in [0, 0.05) is 18.5 Å². The number of fused-ring (bicyclic) bond motifs is 1. The summed E-state index contributed by atoms with van der Waals surface area (Å²) < 4.78 is 55.6. The number of ether oxygens (including phenoxy) is 2. The number of benzene rings is 1. The molecule has 1 fully saturated rings. The van der Waals surface area contributed by atoms with Crippen LogP contribution in [0.25, 0.3) is 16.6 Å². The Hall–Kier alpha value is -2.50. The van der Waals surface area contributed by atoms with Gasteiger partial charge >= 0.3 is 11.9 Å². The van der Waals surface area contributed by atoms with E-state index < -0.39 is 29.4 Å². The van der Waals surface area contributed by atoms with Crippen LogP contribution < -0.4 is 11.2 Å². The summed E-state index contributed by atoms with van der Waals surface area (Å²) in [6, 6.07) is 5.00. The molecule has 3 aromatic rings. The number of aromatic nitrogens is 3. The highest BCUT2D eigenvalue weighted by atomic mass is 32.1. The quantitative estimate of drug-likeness (QED) is 0.646. The summed E-state index contributed by atoms with van der Waals surface area (Å²) in [5, 5.41) is 0.614. The second kappa shape index (κ2) is 6.83. The second-order valence-electron chi connectivity index (χ2n) is 6.22. The van der Waals surface area contributed by atoms with Crippen LogP contribution in [0.2, 0.25) is 0 Å². The van der Waals surface area contributed by atoms with Crippen molar-refractivity contribution in [3.05, 3.63) is 55.7 Å². The van der Waals surface area contributed by atoms with Crippen molar-refractivity contribution in [2.24, 2.45) is 7.05 Å². The van der Waals surface area contributed by atoms with E-state index in [0.717, 1.165) is 13.5 Å². The van der Waals surface area contributed by atoms with E-state index in [-0.39, 0.29) is 5.69 Å². The van der Waals surface area contributed by atoms with Crippen LogP contribution in [0, 0.1) is 0 Å². The van der Waals surface area contributed by atoms with Crippen LogP contribution in [-0.2, 0) is 22.7 Å². The lowest BCUT2D eigenvalue weighted by Crippen LogP contribution is -2.40. The van der Waals surface area contributed by atoms with Gasteiger partial charge in [0.05, 0.1) is 29.3 Å². The molecule has 4 rings (SSSR count). The highest BCUT2D eigenvalue weighted by molar-refractivity contribution is 7.07. The Morgan fingerprint density at radius 3 is 2.57 bits per heavy atom. The molecule has 11 heteroatoms. The zero-order chi connectivity index (χ0) is 20.1. The molecule has 28 heavy (non-hydrogen) atoms. The Morgan fingerprint density at radius 1 is 1.18 bits per heavy atom. The molecule has 0 spiro atoms. The normalized spacial score (nSPS) is 16.0. The largest absolute Gasteiger partial charge is 0.431 e. The molecule has 2 aromatic heterocycles. The molecule has 148 valence electrons. The van der Waals surface area contributed by atoms with Crippen molar-refractivity contribution < 1.29 is 22.6 Å². The van der Waals surface area contributed by atoms with Crippen molar-refractivity contribution in [3.63, 3.8) is 0 Å². The number of nitrogens with zero attached hydrogens (tertiary/aromatic N) is 3. The summed E-state index contributed by atoms with van der Waals surface area (Å²) in [5.41, 5.74) is -2.71. The maximum atomic E-state index is 13.0. The van der Waals surface area contributed by atoms with E-state index in [1.54, 1.807) is 6.07 Å². The molecule has 0 saturated carbocycles. The van der Waals surface area contributed by atoms with Gasteiger partial charge in [-0.2, -0.15) is 17.5 Å². The molecule has 3 heterocycles. The van der Waals surface area contributed by atoms with E-state index in [2.05, 4.69) is 4.37 Å². The highest BCUT2D eigenvalue weighted by Gasteiger charge is 2.35. The number of halogens is 3. The van der Waals surface area contributed by atoms with E-state index in [1.165, 1.54) is 23.7 Å². The first-order valence-electron chi connectivity index (χ1n) is 8.30. The van der Waals surface area contributed by atoms with Gasteiger partial charge in [0.2, 0.25) is 0 Å². The van der Waals surface area contributed by atoms with E-state index in [0.29, 0.717) is 44.2 Å². The van der Waals surface area contributed by atoms with E-state index >= 15 is 0 Å². The standard InChI is InChI=1S/C17H14F3N3O4S/c1-22-12(17(18,19)20)8-13(24)23(16(22)25)9-3-4-11-10(7-9)14(28-21-11)15-26-5-2-6-27-15/h3-4,7-8,15H,2,5-6H2,1H3. The molecule has 1 saturated heterocycles. The molecule has 1 aliphatic heterocycles. The van der Waals surface area contributed by atoms with Gasteiger partial charge in [-0.15, -0.1) is 0 Å². The Bertz CT molecular complexity index is 1160. The molecule has 0 aliphatic carbocycles. The van der Waals surface area contributed by atoms with Crippen LogP contribution in [0.5, 0.6) is 0 Å². The predicted molar refractivity (Wildman–Crippen MR) is 94.7 cm³/mol. The summed E-state index contributed by atoms with van der Waals surface area (Å²) in [6.07, 6.45) is -4.64. The Kier molecular flexibility index (Phi) is 4.60. The molecule has 0 unspecified atom stereocenters. The Morgan fingerprint density at radius 2 is 1.89 bits per heavy atom. The van der Waals surface area contributed by atoms with Gasteiger partial charge < -0.3 is 9.47 Å². The van der Waals surface area contributed by atoms with E-state index in [1.807, 2.05) is 0 Å². The minimum absolute atomic E-state index is 0.143. The van der Waals surface area contributed by atoms with E-state index in [4.69, 9.17) is 9.47 Å². The van der Waals surface area contributed by atoms with Crippen LogP contribution in [0.1, 0.15) is 23.3 Å². The first-order valence-corrected chi connectivity index (χ1v) is 9.08. The molecule has 0 atom stereocenters. The van der Waals surface area contributed by atoms with Crippen molar-refractivity contribution >= 4 is 22.4 Å². The summed E-state index contributed by atoms with van der Waals surface area (Å²) >= 11 is 1.17. The molecule has 0 N–H and O–H groups in total. The molecule has 0 bridgehead atoms. The fourth-order valence-corrected chi connectivity index (χ4v) is 3.87. The zero-order valence-corrected chi connectivity index (χ0v) is 15.3. The second-order valence-corrected chi connectivity index (χ2v) is 7.02. The fraction of sp³-hybridized carbons (Fsp3) is 0.353. The van der Waals surface area contributed by atoms with Crippen LogP contribution in [0.15, 0.2) is 33.9 Å². The van der Waals surface area contributed by atoms with Crippen molar-refractivity contribution in [1.82, 2.24) is 13.5 Å². The third-order valence-corrected chi connectivity index (χ3v) is 5.29. The minimum atomic E-state index is -4.81. The molecular formula is C17H14F3N3O4S. The van der Waals surface area contributed by atoms with Crippen LogP contribution in [0.3, 0.4) is 0 Å². The molecule has 1 aromatic carbocycles. The van der Waals surface area contributed by atoms with Crippen LogP contribution in [0.4, 0.5) is 13.2 Å². The summed E-state index contributed by atoms with van der Waals surface area (Å²) in [6.45, 7) is 1.06. The fourth-order valence-electron chi connectivity index (χ4n) is 3.03. The molecule has 7 nitrogen and oxygen atoms in total. The zero-order valence-electron chi connectivity index (χ0n) is 14.5. The maximum absolute atomic E-state index is 13.0. The topological polar surface area (TPSA) is 75.3 Å². The SMILES string of the molecule is Cn1c(C(F)(F)F)cc(=O)n(-c2ccc3nsc(C4OCCCO4)c3c2)c1=O. The van der Waals surface area contributed by atoms with Gasteiger partial charge in [0.15, 0.2) is 6.29 Å². The van der Waals surface area contributed by atoms with Gasteiger partial charge in [-0.05, 0) is 36.2 Å². The predicted octanol–water partition coefficient (Wildman–Crippen LogP) is 2.60. The van der Waals surface area contributed by atoms with Crippen molar-refractivity contribution in [2.45, 2.75) is 18.9 Å². The Balaban J connectivity index is 1.87. The molecular weight excluding hydrogens is 399 g/mol. The number of rotatable bonds is 2. The average molecular weight is 413 g/mol. The Labute approximate surface area is 159 Å². The number of alkyl halides is 3. The van der Waals surface area contributed by atoms with Crippen LogP contribution >= 0.6 is 11.5 Å². The maximum Gasteiger partial charge on any atom is 0.431 e. The number of hydrogen-bond donors (Lipinski definition) is 0. The third-order valence-electron chi connectivity index (χ3n) is 4.40. The lowest BCUT2D eigenvalue weighted by Gasteiger charge is -2.22. The van der Waals surface area contributed by atoms with Crippen molar-refractivity contribution in [1.29, 1.82) is 0 Å².